The summed E-state index contributed by atoms with van der Waals surface area (Å²) >= 11 is 0. The Bertz CT molecular complexity index is 710. The summed E-state index contributed by atoms with van der Waals surface area (Å²) in [6.07, 6.45) is 55.9. The summed E-state index contributed by atoms with van der Waals surface area (Å²) in [6, 6.07) is -0.532. The average Bonchev–Trinajstić information content (AvgIpc) is 3.15. The average molecular weight is 734 g/mol. The highest BCUT2D eigenvalue weighted by molar-refractivity contribution is 5.76. The number of nitrogens with one attached hydrogen (secondary N) is 1. The number of amides is 1. The van der Waals surface area contributed by atoms with Gasteiger partial charge < -0.3 is 15.5 Å². The Balaban J connectivity index is 3.45. The van der Waals surface area contributed by atoms with Gasteiger partial charge in [0.2, 0.25) is 5.91 Å². The van der Waals surface area contributed by atoms with Crippen molar-refractivity contribution in [3.8, 4) is 0 Å². The smallest absolute Gasteiger partial charge is 0.220 e. The van der Waals surface area contributed by atoms with Crippen LogP contribution < -0.4 is 5.32 Å². The molecule has 1 amide bonds. The lowest BCUT2D eigenvalue weighted by Crippen LogP contribution is -2.45. The van der Waals surface area contributed by atoms with Crippen LogP contribution >= 0.6 is 0 Å². The van der Waals surface area contributed by atoms with Gasteiger partial charge in [0, 0.05) is 6.42 Å². The molecule has 2 unspecified atom stereocenters. The molecule has 0 aliphatic carbocycles. The number of rotatable bonds is 44. The summed E-state index contributed by atoms with van der Waals surface area (Å²) in [5, 5.41) is 23.2. The van der Waals surface area contributed by atoms with E-state index >= 15 is 0 Å². The van der Waals surface area contributed by atoms with E-state index < -0.39 is 12.1 Å². The molecular formula is C48H95NO3. The minimum absolute atomic E-state index is 0.0276. The SMILES string of the molecule is CCCCCCCCCC/C=C\CCCCCCCCCCCCCCCC(=O)NC(CO)C(O)CCCCCCCCCCCCCCCCC. The van der Waals surface area contributed by atoms with Gasteiger partial charge >= 0.3 is 0 Å². The Morgan fingerprint density at radius 1 is 0.442 bits per heavy atom. The Labute approximate surface area is 327 Å². The number of hydrogen-bond acceptors (Lipinski definition) is 3. The van der Waals surface area contributed by atoms with E-state index in [4.69, 9.17) is 0 Å². The first-order valence-electron chi connectivity index (χ1n) is 23.9. The molecule has 310 valence electrons. The highest BCUT2D eigenvalue weighted by atomic mass is 16.3. The minimum Gasteiger partial charge on any atom is -0.394 e. The van der Waals surface area contributed by atoms with E-state index in [9.17, 15) is 15.0 Å². The number of carbonyl (C=O) groups excluding carboxylic acids is 1. The molecular weight excluding hydrogens is 639 g/mol. The highest BCUT2D eigenvalue weighted by Gasteiger charge is 2.20. The number of carbonyl (C=O) groups is 1. The molecule has 0 aliphatic heterocycles. The highest BCUT2D eigenvalue weighted by Crippen LogP contribution is 2.17. The van der Waals surface area contributed by atoms with Gasteiger partial charge in [0.05, 0.1) is 18.8 Å². The van der Waals surface area contributed by atoms with E-state index in [1.807, 2.05) is 0 Å². The van der Waals surface area contributed by atoms with E-state index in [0.29, 0.717) is 12.8 Å². The van der Waals surface area contributed by atoms with E-state index in [1.54, 1.807) is 0 Å². The van der Waals surface area contributed by atoms with Crippen LogP contribution in [0.3, 0.4) is 0 Å². The van der Waals surface area contributed by atoms with Crippen LogP contribution in [-0.2, 0) is 4.79 Å². The molecule has 4 heteroatoms. The summed E-state index contributed by atoms with van der Waals surface area (Å²) in [4.78, 5) is 12.4. The number of aliphatic hydroxyl groups excluding tert-OH is 2. The number of unbranched alkanes of at least 4 members (excludes halogenated alkanes) is 35. The van der Waals surface area contributed by atoms with E-state index in [0.717, 1.165) is 25.7 Å². The molecule has 0 aromatic rings. The zero-order chi connectivity index (χ0) is 37.8. The third-order valence-corrected chi connectivity index (χ3v) is 11.3. The second-order valence-corrected chi connectivity index (χ2v) is 16.5. The van der Waals surface area contributed by atoms with Gasteiger partial charge in [-0.2, -0.15) is 0 Å². The molecule has 0 aromatic heterocycles. The van der Waals surface area contributed by atoms with Crippen molar-refractivity contribution in [2.75, 3.05) is 6.61 Å². The Kier molecular flexibility index (Phi) is 43.8. The monoisotopic (exact) mass is 734 g/mol. The number of aliphatic hydroxyl groups is 2. The van der Waals surface area contributed by atoms with Crippen molar-refractivity contribution in [1.82, 2.24) is 5.32 Å². The molecule has 0 spiro atoms. The van der Waals surface area contributed by atoms with Crippen molar-refractivity contribution in [2.24, 2.45) is 0 Å². The van der Waals surface area contributed by atoms with Crippen molar-refractivity contribution >= 4 is 5.91 Å². The molecule has 0 saturated carbocycles. The second kappa shape index (κ2) is 44.5. The Morgan fingerprint density at radius 2 is 0.731 bits per heavy atom. The van der Waals surface area contributed by atoms with Gasteiger partial charge in [-0.3, -0.25) is 4.79 Å². The first-order chi connectivity index (χ1) is 25.7. The van der Waals surface area contributed by atoms with Crippen LogP contribution in [0.5, 0.6) is 0 Å². The van der Waals surface area contributed by atoms with Gasteiger partial charge in [-0.05, 0) is 38.5 Å². The van der Waals surface area contributed by atoms with Crippen molar-refractivity contribution in [3.63, 3.8) is 0 Å². The number of allylic oxidation sites excluding steroid dienone is 2. The number of hydrogen-bond donors (Lipinski definition) is 3. The van der Waals surface area contributed by atoms with Gasteiger partial charge in [0.1, 0.15) is 0 Å². The predicted octanol–water partition coefficient (Wildman–Crippen LogP) is 15.0. The lowest BCUT2D eigenvalue weighted by atomic mass is 10.0. The van der Waals surface area contributed by atoms with Crippen LogP contribution in [-0.4, -0.2) is 34.9 Å². The molecule has 0 rings (SSSR count). The molecule has 0 bridgehead atoms. The maximum Gasteiger partial charge on any atom is 0.220 e. The van der Waals surface area contributed by atoms with Gasteiger partial charge in [0.15, 0.2) is 0 Å². The maximum atomic E-state index is 12.4. The van der Waals surface area contributed by atoms with Crippen LogP contribution in [0.1, 0.15) is 271 Å². The summed E-state index contributed by atoms with van der Waals surface area (Å²) in [5.41, 5.74) is 0. The van der Waals surface area contributed by atoms with Crippen molar-refractivity contribution in [3.05, 3.63) is 12.2 Å². The van der Waals surface area contributed by atoms with Gasteiger partial charge in [-0.15, -0.1) is 0 Å². The lowest BCUT2D eigenvalue weighted by molar-refractivity contribution is -0.123. The first kappa shape index (κ1) is 51.1. The van der Waals surface area contributed by atoms with Crippen molar-refractivity contribution in [1.29, 1.82) is 0 Å². The van der Waals surface area contributed by atoms with Gasteiger partial charge in [-0.25, -0.2) is 0 Å². The fourth-order valence-electron chi connectivity index (χ4n) is 7.59. The van der Waals surface area contributed by atoms with Crippen LogP contribution in [0.15, 0.2) is 12.2 Å². The van der Waals surface area contributed by atoms with Crippen molar-refractivity contribution in [2.45, 2.75) is 283 Å². The molecule has 0 heterocycles. The van der Waals surface area contributed by atoms with Gasteiger partial charge in [-0.1, -0.05) is 238 Å². The molecule has 0 aromatic carbocycles. The van der Waals surface area contributed by atoms with E-state index in [-0.39, 0.29) is 12.5 Å². The fourth-order valence-corrected chi connectivity index (χ4v) is 7.59. The molecule has 52 heavy (non-hydrogen) atoms. The molecule has 3 N–H and O–H groups in total. The van der Waals surface area contributed by atoms with Crippen LogP contribution in [0, 0.1) is 0 Å². The molecule has 4 nitrogen and oxygen atoms in total. The Hall–Kier alpha value is -0.870. The minimum atomic E-state index is -0.655. The summed E-state index contributed by atoms with van der Waals surface area (Å²) in [6.45, 7) is 4.38. The van der Waals surface area contributed by atoms with Crippen LogP contribution in [0.25, 0.3) is 0 Å². The second-order valence-electron chi connectivity index (χ2n) is 16.5. The maximum absolute atomic E-state index is 12.4. The summed E-state index contributed by atoms with van der Waals surface area (Å²) < 4.78 is 0. The van der Waals surface area contributed by atoms with Crippen LogP contribution in [0.4, 0.5) is 0 Å². The normalized spacial score (nSPS) is 12.9. The van der Waals surface area contributed by atoms with E-state index in [2.05, 4.69) is 31.3 Å². The Morgan fingerprint density at radius 3 is 1.06 bits per heavy atom. The predicted molar refractivity (Wildman–Crippen MR) is 230 cm³/mol. The topological polar surface area (TPSA) is 69.6 Å². The zero-order valence-corrected chi connectivity index (χ0v) is 35.6. The third kappa shape index (κ3) is 40.3. The molecule has 0 fully saturated rings. The third-order valence-electron chi connectivity index (χ3n) is 11.3. The molecule has 0 radical (unpaired) electrons. The van der Waals surface area contributed by atoms with Gasteiger partial charge in [0.25, 0.3) is 0 Å². The zero-order valence-electron chi connectivity index (χ0n) is 35.6. The summed E-state index contributed by atoms with van der Waals surface area (Å²) in [5.74, 6) is -0.0276. The first-order valence-corrected chi connectivity index (χ1v) is 23.9. The summed E-state index contributed by atoms with van der Waals surface area (Å²) in [7, 11) is 0. The van der Waals surface area contributed by atoms with E-state index in [1.165, 1.54) is 218 Å². The standard InChI is InChI=1S/C48H95NO3/c1-3-5-7-9-11-13-15-17-19-20-21-22-23-24-25-26-27-28-30-32-34-36-38-40-42-44-48(52)49-46(45-50)47(51)43-41-39-37-35-33-31-29-18-16-14-12-10-8-6-4-2/h20-21,46-47,50-51H,3-19,22-45H2,1-2H3,(H,49,52)/b21-20-. The molecule has 2 atom stereocenters. The molecule has 0 saturated heterocycles. The quantitative estimate of drug-likeness (QED) is 0.0431. The van der Waals surface area contributed by atoms with Crippen LogP contribution in [0.2, 0.25) is 0 Å². The van der Waals surface area contributed by atoms with Crippen molar-refractivity contribution < 1.29 is 15.0 Å². The largest absolute Gasteiger partial charge is 0.394 e. The fraction of sp³-hybridized carbons (Fsp3) is 0.938. The lowest BCUT2D eigenvalue weighted by Gasteiger charge is -2.22. The molecule has 0 aliphatic rings.